The molecule has 1 saturated carbocycles. The maximum atomic E-state index is 11.3. The van der Waals surface area contributed by atoms with Gasteiger partial charge in [0.25, 0.3) is 0 Å². The zero-order chi connectivity index (χ0) is 9.90. The molecule has 4 heteroatoms. The second-order valence-electron chi connectivity index (χ2n) is 3.95. The van der Waals surface area contributed by atoms with Gasteiger partial charge < -0.3 is 5.11 Å². The lowest BCUT2D eigenvalue weighted by molar-refractivity contribution is 0.233. The van der Waals surface area contributed by atoms with E-state index in [0.29, 0.717) is 0 Å². The number of aliphatic hydroxyl groups excluding tert-OH is 1. The molecule has 0 radical (unpaired) electrons. The Bertz CT molecular complexity index is 240. The van der Waals surface area contributed by atoms with Crippen LogP contribution in [0.1, 0.15) is 32.1 Å². The van der Waals surface area contributed by atoms with Crippen molar-refractivity contribution in [1.29, 1.82) is 0 Å². The van der Waals surface area contributed by atoms with Crippen molar-refractivity contribution in [2.75, 3.05) is 12.9 Å². The van der Waals surface area contributed by atoms with E-state index in [1.165, 1.54) is 12.7 Å². The summed E-state index contributed by atoms with van der Waals surface area (Å²) in [7, 11) is -3.06. The zero-order valence-electron chi connectivity index (χ0n) is 8.07. The van der Waals surface area contributed by atoms with Crippen LogP contribution >= 0.6 is 0 Å². The van der Waals surface area contributed by atoms with Gasteiger partial charge >= 0.3 is 0 Å². The second kappa shape index (κ2) is 4.42. The van der Waals surface area contributed by atoms with Crippen molar-refractivity contribution in [3.63, 3.8) is 0 Å². The average Bonchev–Trinajstić information content (AvgIpc) is 2.05. The lowest BCUT2D eigenvalue weighted by Gasteiger charge is -2.27. The van der Waals surface area contributed by atoms with Crippen molar-refractivity contribution < 1.29 is 13.5 Å². The van der Waals surface area contributed by atoms with Gasteiger partial charge in [0, 0.05) is 6.26 Å². The van der Waals surface area contributed by atoms with Crippen LogP contribution in [0, 0.1) is 5.92 Å². The third-order valence-corrected chi connectivity index (χ3v) is 4.54. The summed E-state index contributed by atoms with van der Waals surface area (Å²) in [5, 5.41) is 8.51. The first kappa shape index (κ1) is 11.0. The first-order chi connectivity index (χ1) is 6.05. The fraction of sp³-hybridized carbons (Fsp3) is 1.00. The van der Waals surface area contributed by atoms with E-state index >= 15 is 0 Å². The summed E-state index contributed by atoms with van der Waals surface area (Å²) in [6, 6.07) is 0. The quantitative estimate of drug-likeness (QED) is 0.748. The molecule has 1 atom stereocenters. The number of rotatable bonds is 3. The van der Waals surface area contributed by atoms with E-state index in [0.717, 1.165) is 25.7 Å². The van der Waals surface area contributed by atoms with E-state index in [9.17, 15) is 8.42 Å². The van der Waals surface area contributed by atoms with Crippen molar-refractivity contribution in [2.24, 2.45) is 5.92 Å². The molecule has 0 amide bonds. The third kappa shape index (κ3) is 2.95. The summed E-state index contributed by atoms with van der Waals surface area (Å²) >= 11 is 0. The molecule has 1 aliphatic rings. The molecule has 1 fully saturated rings. The first-order valence-electron chi connectivity index (χ1n) is 4.85. The largest absolute Gasteiger partial charge is 0.395 e. The minimum atomic E-state index is -3.06. The van der Waals surface area contributed by atoms with Crippen LogP contribution in [-0.4, -0.2) is 31.6 Å². The Morgan fingerprint density at radius 3 is 2.23 bits per heavy atom. The molecule has 1 aliphatic carbocycles. The van der Waals surface area contributed by atoms with Crippen LogP contribution in [0.3, 0.4) is 0 Å². The average molecular weight is 206 g/mol. The Hall–Kier alpha value is -0.0900. The van der Waals surface area contributed by atoms with Crippen LogP contribution in [-0.2, 0) is 9.84 Å². The van der Waals surface area contributed by atoms with Gasteiger partial charge in [0.15, 0.2) is 9.84 Å². The molecule has 0 aliphatic heterocycles. The van der Waals surface area contributed by atoms with E-state index in [1.54, 1.807) is 0 Å². The van der Waals surface area contributed by atoms with Crippen molar-refractivity contribution in [2.45, 2.75) is 37.4 Å². The van der Waals surface area contributed by atoms with Crippen molar-refractivity contribution in [3.05, 3.63) is 0 Å². The maximum absolute atomic E-state index is 11.3. The highest BCUT2D eigenvalue weighted by Crippen LogP contribution is 2.29. The van der Waals surface area contributed by atoms with Crippen LogP contribution in [0.5, 0.6) is 0 Å². The van der Waals surface area contributed by atoms with Crippen molar-refractivity contribution >= 4 is 9.84 Å². The number of aliphatic hydroxyl groups is 1. The van der Waals surface area contributed by atoms with Crippen molar-refractivity contribution in [1.82, 2.24) is 0 Å². The summed E-state index contributed by atoms with van der Waals surface area (Å²) < 4.78 is 22.6. The van der Waals surface area contributed by atoms with Crippen LogP contribution in [0.4, 0.5) is 0 Å². The molecule has 0 spiro atoms. The predicted molar refractivity (Wildman–Crippen MR) is 52.3 cm³/mol. The fourth-order valence-electron chi connectivity index (χ4n) is 2.14. The van der Waals surface area contributed by atoms with Gasteiger partial charge in [-0.2, -0.15) is 0 Å². The van der Waals surface area contributed by atoms with E-state index in [-0.39, 0.29) is 12.5 Å². The van der Waals surface area contributed by atoms with E-state index in [1.807, 2.05) is 0 Å². The smallest absolute Gasteiger partial charge is 0.152 e. The molecule has 78 valence electrons. The zero-order valence-corrected chi connectivity index (χ0v) is 8.89. The standard InChI is InChI=1S/C9H18O3S/c1-13(11,12)9(7-10)8-5-3-2-4-6-8/h8-10H,2-7H2,1H3. The van der Waals surface area contributed by atoms with Crippen LogP contribution < -0.4 is 0 Å². The molecular weight excluding hydrogens is 188 g/mol. The van der Waals surface area contributed by atoms with Gasteiger partial charge in [-0.3, -0.25) is 0 Å². The van der Waals surface area contributed by atoms with Gasteiger partial charge in [-0.05, 0) is 18.8 Å². The Morgan fingerprint density at radius 1 is 1.31 bits per heavy atom. The van der Waals surface area contributed by atoms with Gasteiger partial charge in [-0.1, -0.05) is 19.3 Å². The molecule has 3 nitrogen and oxygen atoms in total. The maximum Gasteiger partial charge on any atom is 0.152 e. The molecule has 0 aromatic carbocycles. The highest BCUT2D eigenvalue weighted by atomic mass is 32.2. The summed E-state index contributed by atoms with van der Waals surface area (Å²) in [6.07, 6.45) is 6.56. The summed E-state index contributed by atoms with van der Waals surface area (Å²) in [5.74, 6) is 0.189. The van der Waals surface area contributed by atoms with Gasteiger partial charge in [-0.25, -0.2) is 8.42 Å². The van der Waals surface area contributed by atoms with Gasteiger partial charge in [0.1, 0.15) is 0 Å². The third-order valence-electron chi connectivity index (χ3n) is 2.91. The number of sulfone groups is 1. The van der Waals surface area contributed by atoms with Crippen LogP contribution in [0.25, 0.3) is 0 Å². The van der Waals surface area contributed by atoms with Gasteiger partial charge in [-0.15, -0.1) is 0 Å². The van der Waals surface area contributed by atoms with Crippen LogP contribution in [0.15, 0.2) is 0 Å². The fourth-order valence-corrected chi connectivity index (χ4v) is 3.38. The molecule has 0 bridgehead atoms. The Balaban J connectivity index is 2.65. The molecule has 0 aromatic heterocycles. The number of hydrogen-bond acceptors (Lipinski definition) is 3. The molecule has 1 unspecified atom stereocenters. The number of hydrogen-bond donors (Lipinski definition) is 1. The highest BCUT2D eigenvalue weighted by molar-refractivity contribution is 7.91. The summed E-state index contributed by atoms with van der Waals surface area (Å²) in [6.45, 7) is -0.219. The Kier molecular flexibility index (Phi) is 3.74. The topological polar surface area (TPSA) is 54.4 Å². The molecule has 0 aromatic rings. The van der Waals surface area contributed by atoms with E-state index < -0.39 is 15.1 Å². The molecule has 1 N–H and O–H groups in total. The molecule has 1 rings (SSSR count). The Labute approximate surface area is 80.1 Å². The molecule has 0 heterocycles. The summed E-state index contributed by atoms with van der Waals surface area (Å²) in [4.78, 5) is 0. The minimum absolute atomic E-state index is 0.189. The highest BCUT2D eigenvalue weighted by Gasteiger charge is 2.30. The second-order valence-corrected chi connectivity index (χ2v) is 6.21. The monoisotopic (exact) mass is 206 g/mol. The summed E-state index contributed by atoms with van der Waals surface area (Å²) in [5.41, 5.74) is 0. The molecule has 13 heavy (non-hydrogen) atoms. The van der Waals surface area contributed by atoms with E-state index in [4.69, 9.17) is 5.11 Å². The van der Waals surface area contributed by atoms with Gasteiger partial charge in [0.05, 0.1) is 11.9 Å². The molecular formula is C9H18O3S. The Morgan fingerprint density at radius 2 is 1.85 bits per heavy atom. The van der Waals surface area contributed by atoms with E-state index in [2.05, 4.69) is 0 Å². The van der Waals surface area contributed by atoms with Gasteiger partial charge in [0.2, 0.25) is 0 Å². The SMILES string of the molecule is CS(=O)(=O)C(CO)C1CCCCC1. The minimum Gasteiger partial charge on any atom is -0.395 e. The van der Waals surface area contributed by atoms with Crippen LogP contribution in [0.2, 0.25) is 0 Å². The first-order valence-corrected chi connectivity index (χ1v) is 6.81. The lowest BCUT2D eigenvalue weighted by atomic mass is 9.87. The normalized spacial score (nSPS) is 22.9. The van der Waals surface area contributed by atoms with Crippen molar-refractivity contribution in [3.8, 4) is 0 Å². The molecule has 0 saturated heterocycles. The predicted octanol–water partition coefficient (Wildman–Crippen LogP) is 0.972. The lowest BCUT2D eigenvalue weighted by Crippen LogP contribution is -2.33.